The number of nitrogens with zero attached hydrogens (tertiary/aromatic N) is 4. The molecule has 0 spiro atoms. The Balaban J connectivity index is 1.26. The molecule has 2 aromatic rings. The molecule has 3 fully saturated rings. The Kier molecular flexibility index (Phi) is 7.97. The molecule has 1 aliphatic carbocycles. The van der Waals surface area contributed by atoms with Gasteiger partial charge in [-0.2, -0.15) is 4.98 Å². The Hall–Kier alpha value is -1.60. The molecule has 8 heteroatoms. The van der Waals surface area contributed by atoms with E-state index in [9.17, 15) is 5.11 Å². The van der Waals surface area contributed by atoms with E-state index in [1.807, 2.05) is 26.0 Å². The lowest BCUT2D eigenvalue weighted by Crippen LogP contribution is -2.56. The first kappa shape index (κ1) is 26.0. The van der Waals surface area contributed by atoms with Gasteiger partial charge in [-0.3, -0.25) is 0 Å². The van der Waals surface area contributed by atoms with Crippen LogP contribution in [0.5, 0.6) is 0 Å². The van der Waals surface area contributed by atoms with Gasteiger partial charge in [-0.1, -0.05) is 43.1 Å². The molecule has 3 heterocycles. The van der Waals surface area contributed by atoms with Crippen molar-refractivity contribution in [2.75, 3.05) is 36.4 Å². The molecule has 0 amide bonds. The van der Waals surface area contributed by atoms with E-state index in [2.05, 4.69) is 27.0 Å². The number of likely N-dealkylation sites (tertiary alicyclic amines) is 1. The van der Waals surface area contributed by atoms with Crippen LogP contribution in [0.2, 0.25) is 10.0 Å². The highest BCUT2D eigenvalue weighted by Gasteiger charge is 2.40. The number of rotatable bonds is 8. The SMILES string of the molecule is CCC(O)c1cnc(N2CC([C@H]3CCCN(C4CC(C)C4)C3)C2)nc1N[C@H](C)c1ccc(Cl)cc1Cl. The zero-order valence-corrected chi connectivity index (χ0v) is 23.1. The number of aliphatic hydroxyl groups is 1. The average Bonchev–Trinajstić information content (AvgIpc) is 2.81. The van der Waals surface area contributed by atoms with E-state index in [1.54, 1.807) is 12.3 Å². The molecule has 6 nitrogen and oxygen atoms in total. The number of aliphatic hydroxyl groups excluding tert-OH is 1. The summed E-state index contributed by atoms with van der Waals surface area (Å²) in [5.74, 6) is 3.78. The van der Waals surface area contributed by atoms with Crippen LogP contribution in [-0.4, -0.2) is 52.2 Å². The predicted molar refractivity (Wildman–Crippen MR) is 148 cm³/mol. The lowest BCUT2D eigenvalue weighted by atomic mass is 9.76. The minimum atomic E-state index is -0.624. The summed E-state index contributed by atoms with van der Waals surface area (Å²) in [5, 5.41) is 15.3. The first-order chi connectivity index (χ1) is 17.3. The van der Waals surface area contributed by atoms with E-state index < -0.39 is 6.10 Å². The van der Waals surface area contributed by atoms with Crippen LogP contribution < -0.4 is 10.2 Å². The highest BCUT2D eigenvalue weighted by atomic mass is 35.5. The van der Waals surface area contributed by atoms with Crippen LogP contribution in [0, 0.1) is 17.8 Å². The molecule has 0 bridgehead atoms. The van der Waals surface area contributed by atoms with Crippen molar-refractivity contribution < 1.29 is 5.11 Å². The Morgan fingerprint density at radius 3 is 2.61 bits per heavy atom. The maximum Gasteiger partial charge on any atom is 0.227 e. The third-order valence-electron chi connectivity index (χ3n) is 8.55. The third-order valence-corrected chi connectivity index (χ3v) is 9.11. The van der Waals surface area contributed by atoms with E-state index in [0.717, 1.165) is 42.5 Å². The van der Waals surface area contributed by atoms with Gasteiger partial charge in [0.15, 0.2) is 0 Å². The Labute approximate surface area is 225 Å². The first-order valence-electron chi connectivity index (χ1n) is 13.6. The van der Waals surface area contributed by atoms with E-state index in [-0.39, 0.29) is 6.04 Å². The third kappa shape index (κ3) is 5.47. The number of halogens is 2. The van der Waals surface area contributed by atoms with Crippen LogP contribution >= 0.6 is 23.2 Å². The van der Waals surface area contributed by atoms with Gasteiger partial charge < -0.3 is 20.2 Å². The lowest BCUT2D eigenvalue weighted by molar-refractivity contribution is 0.0294. The maximum atomic E-state index is 10.6. The number of anilines is 2. The van der Waals surface area contributed by atoms with Crippen LogP contribution in [0.3, 0.4) is 0 Å². The molecule has 1 aromatic heterocycles. The van der Waals surface area contributed by atoms with Gasteiger partial charge in [0.25, 0.3) is 0 Å². The minimum Gasteiger partial charge on any atom is -0.388 e. The van der Waals surface area contributed by atoms with Crippen molar-refractivity contribution in [1.29, 1.82) is 0 Å². The molecular weight excluding hydrogens is 493 g/mol. The van der Waals surface area contributed by atoms with Crippen molar-refractivity contribution in [3.63, 3.8) is 0 Å². The van der Waals surface area contributed by atoms with Crippen molar-refractivity contribution in [3.05, 3.63) is 45.6 Å². The number of aromatic nitrogens is 2. The van der Waals surface area contributed by atoms with Gasteiger partial charge in [0, 0.05) is 47.5 Å². The average molecular weight is 533 g/mol. The fourth-order valence-electron chi connectivity index (χ4n) is 6.14. The lowest BCUT2D eigenvalue weighted by Gasteiger charge is -2.50. The van der Waals surface area contributed by atoms with Crippen molar-refractivity contribution in [3.8, 4) is 0 Å². The summed E-state index contributed by atoms with van der Waals surface area (Å²) < 4.78 is 0. The summed E-state index contributed by atoms with van der Waals surface area (Å²) in [4.78, 5) is 14.6. The van der Waals surface area contributed by atoms with Gasteiger partial charge in [0.2, 0.25) is 5.95 Å². The summed E-state index contributed by atoms with van der Waals surface area (Å²) in [6, 6.07) is 6.24. The number of hydrogen-bond acceptors (Lipinski definition) is 6. The molecule has 1 aromatic carbocycles. The van der Waals surface area contributed by atoms with Gasteiger partial charge in [0.1, 0.15) is 5.82 Å². The summed E-state index contributed by atoms with van der Waals surface area (Å²) in [6.45, 7) is 10.9. The molecule has 196 valence electrons. The summed E-state index contributed by atoms with van der Waals surface area (Å²) in [7, 11) is 0. The molecule has 0 radical (unpaired) electrons. The molecule has 1 unspecified atom stereocenters. The van der Waals surface area contributed by atoms with Gasteiger partial charge in [-0.05, 0) is 81.0 Å². The number of benzene rings is 1. The fraction of sp³-hybridized carbons (Fsp3) is 0.643. The fourth-order valence-corrected chi connectivity index (χ4v) is 6.71. The van der Waals surface area contributed by atoms with Gasteiger partial charge in [0.05, 0.1) is 12.1 Å². The minimum absolute atomic E-state index is 0.105. The zero-order chi connectivity index (χ0) is 25.4. The van der Waals surface area contributed by atoms with Gasteiger partial charge in [-0.25, -0.2) is 4.98 Å². The standard InChI is InChI=1S/C28H39Cl2N5O/c1-4-26(36)24-13-31-28(33-27(24)32-18(3)23-8-7-21(29)12-25(23)30)35-15-20(16-35)19-6-5-9-34(14-19)22-10-17(2)11-22/h7-8,12-13,17-20,22,26,36H,4-6,9-11,14-16H2,1-3H3,(H,31,32,33)/t17?,18-,19+,22?,26?/m1/s1. The molecule has 2 aliphatic heterocycles. The first-order valence-corrected chi connectivity index (χ1v) is 14.3. The van der Waals surface area contributed by atoms with Gasteiger partial charge >= 0.3 is 0 Å². The van der Waals surface area contributed by atoms with Crippen molar-refractivity contribution in [1.82, 2.24) is 14.9 Å². The topological polar surface area (TPSA) is 64.5 Å². The van der Waals surface area contributed by atoms with Crippen LogP contribution in [0.1, 0.15) is 76.1 Å². The van der Waals surface area contributed by atoms with Crippen molar-refractivity contribution in [2.45, 2.75) is 71.1 Å². The monoisotopic (exact) mass is 531 g/mol. The normalized spacial score (nSPS) is 26.7. The summed E-state index contributed by atoms with van der Waals surface area (Å²) in [6.07, 6.45) is 7.17. The molecule has 2 saturated heterocycles. The van der Waals surface area contributed by atoms with Crippen molar-refractivity contribution in [2.24, 2.45) is 17.8 Å². The Bertz CT molecular complexity index is 1060. The molecular formula is C28H39Cl2N5O. The highest BCUT2D eigenvalue weighted by Crippen LogP contribution is 2.38. The second-order valence-electron chi connectivity index (χ2n) is 11.2. The van der Waals surface area contributed by atoms with E-state index in [4.69, 9.17) is 28.2 Å². The maximum absolute atomic E-state index is 10.6. The summed E-state index contributed by atoms with van der Waals surface area (Å²) >= 11 is 12.5. The predicted octanol–water partition coefficient (Wildman–Crippen LogP) is 6.35. The molecule has 3 atom stereocenters. The Morgan fingerprint density at radius 1 is 1.14 bits per heavy atom. The van der Waals surface area contributed by atoms with Crippen LogP contribution in [-0.2, 0) is 0 Å². The Morgan fingerprint density at radius 2 is 1.92 bits per heavy atom. The van der Waals surface area contributed by atoms with Crippen LogP contribution in [0.15, 0.2) is 24.4 Å². The van der Waals surface area contributed by atoms with Crippen LogP contribution in [0.25, 0.3) is 0 Å². The van der Waals surface area contributed by atoms with E-state index >= 15 is 0 Å². The molecule has 3 aliphatic rings. The summed E-state index contributed by atoms with van der Waals surface area (Å²) in [5.41, 5.74) is 1.65. The number of nitrogens with one attached hydrogen (secondary N) is 1. The number of hydrogen-bond donors (Lipinski definition) is 2. The molecule has 5 rings (SSSR count). The van der Waals surface area contributed by atoms with E-state index in [1.165, 1.54) is 38.8 Å². The second-order valence-corrected chi connectivity index (χ2v) is 12.1. The second kappa shape index (κ2) is 11.0. The van der Waals surface area contributed by atoms with Crippen LogP contribution in [0.4, 0.5) is 11.8 Å². The van der Waals surface area contributed by atoms with Crippen molar-refractivity contribution >= 4 is 35.0 Å². The molecule has 2 N–H and O–H groups in total. The highest BCUT2D eigenvalue weighted by molar-refractivity contribution is 6.35. The largest absolute Gasteiger partial charge is 0.388 e. The zero-order valence-electron chi connectivity index (χ0n) is 21.6. The van der Waals surface area contributed by atoms with E-state index in [0.29, 0.717) is 33.8 Å². The quantitative estimate of drug-likeness (QED) is 0.413. The molecule has 1 saturated carbocycles. The number of piperidine rings is 1. The smallest absolute Gasteiger partial charge is 0.227 e. The molecule has 36 heavy (non-hydrogen) atoms. The van der Waals surface area contributed by atoms with Gasteiger partial charge in [-0.15, -0.1) is 0 Å².